The van der Waals surface area contributed by atoms with Crippen LogP contribution in [0.1, 0.15) is 49.7 Å². The first-order chi connectivity index (χ1) is 16.8. The Bertz CT molecular complexity index is 1120. The van der Waals surface area contributed by atoms with Crippen molar-refractivity contribution in [1.82, 2.24) is 10.2 Å². The second-order valence-corrected chi connectivity index (χ2v) is 12.1. The first kappa shape index (κ1) is 25.1. The Kier molecular flexibility index (Phi) is 7.19. The van der Waals surface area contributed by atoms with E-state index >= 15 is 0 Å². The van der Waals surface area contributed by atoms with E-state index in [9.17, 15) is 9.59 Å². The van der Waals surface area contributed by atoms with Gasteiger partial charge in [-0.1, -0.05) is 57.3 Å². The van der Waals surface area contributed by atoms with Crippen molar-refractivity contribution in [2.45, 2.75) is 68.5 Å². The molecular weight excluding hydrogens is 549 g/mol. The van der Waals surface area contributed by atoms with E-state index in [2.05, 4.69) is 21.2 Å². The molecule has 2 amide bonds. The normalized spacial score (nSPS) is 25.6. The molecule has 2 aromatic carbocycles. The van der Waals surface area contributed by atoms with Gasteiger partial charge in [-0.25, -0.2) is 0 Å². The van der Waals surface area contributed by atoms with Crippen molar-refractivity contribution in [3.05, 3.63) is 68.1 Å². The summed E-state index contributed by atoms with van der Waals surface area (Å²) < 4.78 is 0.973. The average Bonchev–Trinajstić information content (AvgIpc) is 3.53. The SMILES string of the molecule is NC1CC2CCCN(C(=O)[C@H](Cc3ccc(Br)cc3)NC(=O)C3(c4ccc(Cl)cc4Cl)CC3)C2C1. The molecule has 1 saturated heterocycles. The Morgan fingerprint density at radius 2 is 1.89 bits per heavy atom. The van der Waals surface area contributed by atoms with Gasteiger partial charge in [-0.05, 0) is 79.8 Å². The number of hydrogen-bond acceptors (Lipinski definition) is 3. The molecular formula is C27H30BrCl2N3O2. The van der Waals surface area contributed by atoms with Crippen LogP contribution in [0.25, 0.3) is 0 Å². The fourth-order valence-electron chi connectivity index (χ4n) is 5.97. The third kappa shape index (κ3) is 5.13. The molecule has 35 heavy (non-hydrogen) atoms. The van der Waals surface area contributed by atoms with Crippen LogP contribution >= 0.6 is 39.1 Å². The van der Waals surface area contributed by atoms with E-state index in [1.165, 1.54) is 0 Å². The number of benzene rings is 2. The summed E-state index contributed by atoms with van der Waals surface area (Å²) in [6, 6.07) is 12.8. The second-order valence-electron chi connectivity index (χ2n) is 10.3. The van der Waals surface area contributed by atoms with Crippen LogP contribution in [0.15, 0.2) is 46.9 Å². The lowest BCUT2D eigenvalue weighted by Crippen LogP contribution is -2.56. The molecule has 5 nitrogen and oxygen atoms in total. The van der Waals surface area contributed by atoms with Crippen molar-refractivity contribution in [1.29, 1.82) is 0 Å². The zero-order chi connectivity index (χ0) is 24.7. The molecule has 2 saturated carbocycles. The molecule has 0 aromatic heterocycles. The molecule has 8 heteroatoms. The highest BCUT2D eigenvalue weighted by atomic mass is 79.9. The summed E-state index contributed by atoms with van der Waals surface area (Å²) in [5, 5.41) is 4.17. The van der Waals surface area contributed by atoms with Crippen molar-refractivity contribution >= 4 is 50.9 Å². The van der Waals surface area contributed by atoms with Crippen molar-refractivity contribution in [2.24, 2.45) is 11.7 Å². The summed E-state index contributed by atoms with van der Waals surface area (Å²) in [4.78, 5) is 29.7. The highest BCUT2D eigenvalue weighted by Crippen LogP contribution is 2.51. The maximum absolute atomic E-state index is 14.0. The van der Waals surface area contributed by atoms with Crippen LogP contribution in [0.2, 0.25) is 10.0 Å². The van der Waals surface area contributed by atoms with E-state index in [1.54, 1.807) is 12.1 Å². The smallest absolute Gasteiger partial charge is 0.245 e. The average molecular weight is 579 g/mol. The molecule has 0 radical (unpaired) electrons. The molecule has 1 heterocycles. The maximum atomic E-state index is 14.0. The molecule has 3 unspecified atom stereocenters. The number of carbonyl (C=O) groups is 2. The number of halogens is 3. The first-order valence-corrected chi connectivity index (χ1v) is 13.9. The van der Waals surface area contributed by atoms with Gasteiger partial charge in [0.2, 0.25) is 11.8 Å². The third-order valence-corrected chi connectivity index (χ3v) is 9.02. The molecule has 1 aliphatic heterocycles. The van der Waals surface area contributed by atoms with Gasteiger partial charge in [0, 0.05) is 39.6 Å². The van der Waals surface area contributed by atoms with Gasteiger partial charge < -0.3 is 16.0 Å². The number of likely N-dealkylation sites (tertiary alicyclic amines) is 1. The molecule has 186 valence electrons. The molecule has 0 spiro atoms. The molecule has 3 fully saturated rings. The van der Waals surface area contributed by atoms with E-state index < -0.39 is 11.5 Å². The Morgan fingerprint density at radius 1 is 1.14 bits per heavy atom. The first-order valence-electron chi connectivity index (χ1n) is 12.3. The highest BCUT2D eigenvalue weighted by Gasteiger charge is 2.53. The predicted molar refractivity (Wildman–Crippen MR) is 143 cm³/mol. The topological polar surface area (TPSA) is 75.4 Å². The number of nitrogens with one attached hydrogen (secondary N) is 1. The molecule has 3 N–H and O–H groups in total. The lowest BCUT2D eigenvalue weighted by molar-refractivity contribution is -0.141. The van der Waals surface area contributed by atoms with Crippen molar-refractivity contribution in [3.63, 3.8) is 0 Å². The molecule has 4 atom stereocenters. The van der Waals surface area contributed by atoms with Crippen molar-refractivity contribution in [2.75, 3.05) is 6.54 Å². The molecule has 2 aliphatic carbocycles. The fraction of sp³-hybridized carbons (Fsp3) is 0.481. The van der Waals surface area contributed by atoms with Gasteiger partial charge in [0.1, 0.15) is 6.04 Å². The Hall–Kier alpha value is -1.60. The number of carbonyl (C=O) groups excluding carboxylic acids is 2. The molecule has 2 aromatic rings. The molecule has 3 aliphatic rings. The number of piperidine rings is 1. The van der Waals surface area contributed by atoms with Gasteiger partial charge in [0.15, 0.2) is 0 Å². The van der Waals surface area contributed by atoms with Crippen LogP contribution in [0.5, 0.6) is 0 Å². The Balaban J connectivity index is 1.40. The Morgan fingerprint density at radius 3 is 2.57 bits per heavy atom. The molecule has 0 bridgehead atoms. The second kappa shape index (κ2) is 10.0. The zero-order valence-electron chi connectivity index (χ0n) is 19.5. The van der Waals surface area contributed by atoms with Crippen molar-refractivity contribution < 1.29 is 9.59 Å². The third-order valence-electron chi connectivity index (χ3n) is 7.94. The van der Waals surface area contributed by atoms with Crippen LogP contribution in [0.4, 0.5) is 0 Å². The van der Waals surface area contributed by atoms with Gasteiger partial charge >= 0.3 is 0 Å². The number of rotatable bonds is 6. The van der Waals surface area contributed by atoms with E-state index in [4.69, 9.17) is 28.9 Å². The maximum Gasteiger partial charge on any atom is 0.245 e. The number of nitrogens with zero attached hydrogens (tertiary/aromatic N) is 1. The lowest BCUT2D eigenvalue weighted by atomic mass is 9.90. The number of fused-ring (bicyclic) bond motifs is 1. The minimum Gasteiger partial charge on any atom is -0.343 e. The zero-order valence-corrected chi connectivity index (χ0v) is 22.6. The minimum atomic E-state index is -0.708. The van der Waals surface area contributed by atoms with Crippen LogP contribution in [-0.2, 0) is 21.4 Å². The van der Waals surface area contributed by atoms with Crippen LogP contribution in [0.3, 0.4) is 0 Å². The quantitative estimate of drug-likeness (QED) is 0.492. The van der Waals surface area contributed by atoms with E-state index in [-0.39, 0.29) is 23.9 Å². The van der Waals surface area contributed by atoms with E-state index in [1.807, 2.05) is 35.2 Å². The summed E-state index contributed by atoms with van der Waals surface area (Å²) >= 11 is 16.0. The number of nitrogens with two attached hydrogens (primary N) is 1. The summed E-state index contributed by atoms with van der Waals surface area (Å²) in [5.41, 5.74) is 7.34. The van der Waals surface area contributed by atoms with Gasteiger partial charge in [-0.2, -0.15) is 0 Å². The minimum absolute atomic E-state index is 0.0110. The van der Waals surface area contributed by atoms with Gasteiger partial charge in [0.05, 0.1) is 5.41 Å². The predicted octanol–water partition coefficient (Wildman–Crippen LogP) is 5.24. The number of amides is 2. The van der Waals surface area contributed by atoms with Gasteiger partial charge in [0.25, 0.3) is 0 Å². The Labute approximate surface area is 224 Å². The number of hydrogen-bond donors (Lipinski definition) is 2. The monoisotopic (exact) mass is 577 g/mol. The van der Waals surface area contributed by atoms with E-state index in [0.717, 1.165) is 41.3 Å². The summed E-state index contributed by atoms with van der Waals surface area (Å²) in [6.45, 7) is 0.716. The van der Waals surface area contributed by atoms with Crippen LogP contribution in [-0.4, -0.2) is 41.4 Å². The summed E-state index contributed by atoms with van der Waals surface area (Å²) in [7, 11) is 0. The van der Waals surface area contributed by atoms with Crippen molar-refractivity contribution in [3.8, 4) is 0 Å². The van der Waals surface area contributed by atoms with Gasteiger partial charge in [-0.15, -0.1) is 0 Å². The fourth-order valence-corrected chi connectivity index (χ4v) is 6.83. The standard InChI is InChI=1S/C27H30BrCl2N3O2/c28-18-5-3-16(4-6-18)12-23(25(34)33-11-1-2-17-13-20(31)15-24(17)33)32-26(35)27(9-10-27)21-8-7-19(29)14-22(21)30/h3-8,14,17,20,23-24H,1-2,9-13,15,31H2,(H,32,35)/t17?,20?,23-,24?/m0/s1. The highest BCUT2D eigenvalue weighted by molar-refractivity contribution is 9.10. The van der Waals surface area contributed by atoms with Crippen LogP contribution in [0, 0.1) is 5.92 Å². The lowest BCUT2D eigenvalue weighted by Gasteiger charge is -2.40. The molecule has 5 rings (SSSR count). The van der Waals surface area contributed by atoms with E-state index in [0.29, 0.717) is 41.8 Å². The van der Waals surface area contributed by atoms with Crippen LogP contribution < -0.4 is 11.1 Å². The summed E-state index contributed by atoms with van der Waals surface area (Å²) in [6.07, 6.45) is 5.72. The largest absolute Gasteiger partial charge is 0.343 e. The summed E-state index contributed by atoms with van der Waals surface area (Å²) in [5.74, 6) is 0.298. The van der Waals surface area contributed by atoms with Gasteiger partial charge in [-0.3, -0.25) is 9.59 Å².